The van der Waals surface area contributed by atoms with Crippen LogP contribution in [0.1, 0.15) is 44.1 Å². The second kappa shape index (κ2) is 9.07. The molecule has 1 N–H and O–H groups in total. The van der Waals surface area contributed by atoms with Crippen molar-refractivity contribution in [1.29, 1.82) is 0 Å². The predicted octanol–water partition coefficient (Wildman–Crippen LogP) is 3.74. The number of carbonyl (C=O) groups is 1. The first-order valence-corrected chi connectivity index (χ1v) is 10.0. The molecule has 2 atom stereocenters. The first kappa shape index (κ1) is 18.8. The monoisotopic (exact) mass is 375 g/mol. The Kier molecular flexibility index (Phi) is 6.55. The van der Waals surface area contributed by atoms with Crippen LogP contribution in [0.5, 0.6) is 5.75 Å². The summed E-state index contributed by atoms with van der Waals surface area (Å²) in [5.74, 6) is 2.00. The Morgan fingerprint density at radius 1 is 1.27 bits per heavy atom. The van der Waals surface area contributed by atoms with Crippen LogP contribution in [-0.4, -0.2) is 27.9 Å². The van der Waals surface area contributed by atoms with Crippen molar-refractivity contribution in [1.82, 2.24) is 15.5 Å². The Bertz CT molecular complexity index is 717. The van der Waals surface area contributed by atoms with Gasteiger partial charge in [-0.3, -0.25) is 4.79 Å². The SMILES string of the molecule is Cc1ccc(OCc2nnc(SCC(=O)NC3CCCCC3C)o2)cc1. The smallest absolute Gasteiger partial charge is 0.277 e. The number of rotatable bonds is 7. The molecule has 3 rings (SSSR count). The molecule has 0 bridgehead atoms. The summed E-state index contributed by atoms with van der Waals surface area (Å²) in [4.78, 5) is 12.1. The number of amides is 1. The number of thioether (sulfide) groups is 1. The van der Waals surface area contributed by atoms with Gasteiger partial charge in [0.15, 0.2) is 6.61 Å². The van der Waals surface area contributed by atoms with E-state index in [4.69, 9.17) is 9.15 Å². The Labute approximate surface area is 158 Å². The molecule has 1 amide bonds. The van der Waals surface area contributed by atoms with Gasteiger partial charge < -0.3 is 14.5 Å². The molecule has 7 heteroatoms. The van der Waals surface area contributed by atoms with Gasteiger partial charge in [-0.25, -0.2) is 0 Å². The Morgan fingerprint density at radius 2 is 2.04 bits per heavy atom. The van der Waals surface area contributed by atoms with Gasteiger partial charge in [0.2, 0.25) is 5.91 Å². The maximum Gasteiger partial charge on any atom is 0.277 e. The fourth-order valence-corrected chi connectivity index (χ4v) is 3.63. The van der Waals surface area contributed by atoms with E-state index in [0.717, 1.165) is 12.2 Å². The fraction of sp³-hybridized carbons (Fsp3) is 0.526. The van der Waals surface area contributed by atoms with E-state index in [1.807, 2.05) is 31.2 Å². The first-order valence-electron chi connectivity index (χ1n) is 9.04. The van der Waals surface area contributed by atoms with Gasteiger partial charge >= 0.3 is 0 Å². The topological polar surface area (TPSA) is 77.2 Å². The van der Waals surface area contributed by atoms with E-state index in [2.05, 4.69) is 22.4 Å². The maximum absolute atomic E-state index is 12.1. The van der Waals surface area contributed by atoms with Crippen LogP contribution in [0, 0.1) is 12.8 Å². The summed E-state index contributed by atoms with van der Waals surface area (Å²) in [5.41, 5.74) is 1.18. The van der Waals surface area contributed by atoms with Crippen molar-refractivity contribution < 1.29 is 13.9 Å². The second-order valence-corrected chi connectivity index (χ2v) is 7.71. The van der Waals surface area contributed by atoms with Gasteiger partial charge in [0.05, 0.1) is 5.75 Å². The van der Waals surface area contributed by atoms with Crippen molar-refractivity contribution in [3.05, 3.63) is 35.7 Å². The van der Waals surface area contributed by atoms with Crippen molar-refractivity contribution in [2.45, 2.75) is 57.4 Å². The van der Waals surface area contributed by atoms with Crippen LogP contribution in [0.25, 0.3) is 0 Å². The highest BCUT2D eigenvalue weighted by atomic mass is 32.2. The lowest BCUT2D eigenvalue weighted by molar-refractivity contribution is -0.119. The average Bonchev–Trinajstić information content (AvgIpc) is 3.09. The van der Waals surface area contributed by atoms with Crippen LogP contribution in [0.3, 0.4) is 0 Å². The second-order valence-electron chi connectivity index (χ2n) is 6.79. The molecule has 26 heavy (non-hydrogen) atoms. The minimum Gasteiger partial charge on any atom is -0.484 e. The minimum absolute atomic E-state index is 0.0180. The van der Waals surface area contributed by atoms with Gasteiger partial charge in [0, 0.05) is 6.04 Å². The Morgan fingerprint density at radius 3 is 2.81 bits per heavy atom. The highest BCUT2D eigenvalue weighted by molar-refractivity contribution is 7.99. The van der Waals surface area contributed by atoms with Gasteiger partial charge in [0.1, 0.15) is 5.75 Å². The third-order valence-electron chi connectivity index (χ3n) is 4.62. The molecule has 1 fully saturated rings. The van der Waals surface area contributed by atoms with E-state index in [0.29, 0.717) is 17.0 Å². The van der Waals surface area contributed by atoms with Crippen LogP contribution in [0.15, 0.2) is 33.9 Å². The number of aryl methyl sites for hydroxylation is 1. The van der Waals surface area contributed by atoms with Crippen LogP contribution in [-0.2, 0) is 11.4 Å². The molecule has 0 spiro atoms. The van der Waals surface area contributed by atoms with Crippen LogP contribution in [0.2, 0.25) is 0 Å². The Hall–Kier alpha value is -2.02. The maximum atomic E-state index is 12.1. The van der Waals surface area contributed by atoms with E-state index in [9.17, 15) is 4.79 Å². The third-order valence-corrected chi connectivity index (χ3v) is 5.43. The van der Waals surface area contributed by atoms with Crippen molar-refractivity contribution in [3.63, 3.8) is 0 Å². The van der Waals surface area contributed by atoms with Crippen molar-refractivity contribution in [2.24, 2.45) is 5.92 Å². The highest BCUT2D eigenvalue weighted by Gasteiger charge is 2.23. The molecule has 1 aliphatic carbocycles. The van der Waals surface area contributed by atoms with Gasteiger partial charge in [-0.1, -0.05) is 49.2 Å². The quantitative estimate of drug-likeness (QED) is 0.743. The largest absolute Gasteiger partial charge is 0.484 e. The summed E-state index contributed by atoms with van der Waals surface area (Å²) in [6.45, 7) is 4.44. The molecule has 1 aliphatic rings. The van der Waals surface area contributed by atoms with E-state index >= 15 is 0 Å². The number of hydrogen-bond acceptors (Lipinski definition) is 6. The van der Waals surface area contributed by atoms with E-state index in [1.54, 1.807) is 0 Å². The van der Waals surface area contributed by atoms with E-state index in [1.165, 1.54) is 36.6 Å². The fourth-order valence-electron chi connectivity index (χ4n) is 3.04. The van der Waals surface area contributed by atoms with Gasteiger partial charge in [0.25, 0.3) is 11.1 Å². The van der Waals surface area contributed by atoms with Crippen molar-refractivity contribution >= 4 is 17.7 Å². The molecular weight excluding hydrogens is 350 g/mol. The van der Waals surface area contributed by atoms with Gasteiger partial charge in [-0.15, -0.1) is 10.2 Å². The molecule has 1 heterocycles. The molecular formula is C19H25N3O3S. The summed E-state index contributed by atoms with van der Waals surface area (Å²) in [7, 11) is 0. The summed E-state index contributed by atoms with van der Waals surface area (Å²) in [6, 6.07) is 8.06. The van der Waals surface area contributed by atoms with Gasteiger partial charge in [-0.2, -0.15) is 0 Å². The van der Waals surface area contributed by atoms with E-state index < -0.39 is 0 Å². The summed E-state index contributed by atoms with van der Waals surface area (Å²) < 4.78 is 11.1. The first-order chi connectivity index (χ1) is 12.6. The zero-order chi connectivity index (χ0) is 18.4. The minimum atomic E-state index is 0.0180. The number of hydrogen-bond donors (Lipinski definition) is 1. The van der Waals surface area contributed by atoms with Crippen LogP contribution in [0.4, 0.5) is 0 Å². The van der Waals surface area contributed by atoms with E-state index in [-0.39, 0.29) is 24.3 Å². The van der Waals surface area contributed by atoms with Crippen molar-refractivity contribution in [3.8, 4) is 5.75 Å². The number of aromatic nitrogens is 2. The average molecular weight is 375 g/mol. The van der Waals surface area contributed by atoms with Gasteiger partial charge in [-0.05, 0) is 37.8 Å². The standard InChI is InChI=1S/C19H25N3O3S/c1-13-7-9-15(10-8-13)24-11-18-21-22-19(25-18)26-12-17(23)20-16-6-4-3-5-14(16)2/h7-10,14,16H,3-6,11-12H2,1-2H3,(H,20,23). The number of nitrogens with zero attached hydrogens (tertiary/aromatic N) is 2. The number of nitrogens with one attached hydrogen (secondary N) is 1. The normalized spacial score (nSPS) is 19.9. The summed E-state index contributed by atoms with van der Waals surface area (Å²) >= 11 is 1.25. The summed E-state index contributed by atoms with van der Waals surface area (Å²) in [6.07, 6.45) is 4.71. The Balaban J connectivity index is 1.41. The predicted molar refractivity (Wildman–Crippen MR) is 100 cm³/mol. The lowest BCUT2D eigenvalue weighted by Gasteiger charge is -2.29. The molecule has 0 radical (unpaired) electrons. The molecule has 0 aliphatic heterocycles. The molecule has 0 saturated heterocycles. The van der Waals surface area contributed by atoms with Crippen LogP contribution >= 0.6 is 11.8 Å². The molecule has 2 aromatic rings. The molecule has 1 aromatic heterocycles. The highest BCUT2D eigenvalue weighted by Crippen LogP contribution is 2.24. The zero-order valence-electron chi connectivity index (χ0n) is 15.2. The molecule has 1 saturated carbocycles. The molecule has 6 nitrogen and oxygen atoms in total. The lowest BCUT2D eigenvalue weighted by Crippen LogP contribution is -2.41. The lowest BCUT2D eigenvalue weighted by atomic mass is 9.86. The zero-order valence-corrected chi connectivity index (χ0v) is 16.1. The number of carbonyl (C=O) groups excluding carboxylic acids is 1. The summed E-state index contributed by atoms with van der Waals surface area (Å²) in [5, 5.41) is 11.4. The molecule has 140 valence electrons. The molecule has 2 unspecified atom stereocenters. The van der Waals surface area contributed by atoms with Crippen molar-refractivity contribution in [2.75, 3.05) is 5.75 Å². The van der Waals surface area contributed by atoms with Crippen LogP contribution < -0.4 is 10.1 Å². The molecule has 1 aromatic carbocycles. The number of benzene rings is 1. The third kappa shape index (κ3) is 5.49. The number of ether oxygens (including phenoxy) is 1.